The van der Waals surface area contributed by atoms with Crippen molar-refractivity contribution < 1.29 is 19.4 Å². The Labute approximate surface area is 279 Å². The van der Waals surface area contributed by atoms with Gasteiger partial charge in [0.2, 0.25) is 0 Å². The number of carbonyl (C=O) groups excluding carboxylic acids is 1. The van der Waals surface area contributed by atoms with E-state index in [-0.39, 0.29) is 19.2 Å². The van der Waals surface area contributed by atoms with Gasteiger partial charge in [0.1, 0.15) is 6.10 Å². The normalized spacial score (nSPS) is 13.0. The first-order chi connectivity index (χ1) is 22.2. The van der Waals surface area contributed by atoms with Crippen LogP contribution in [0.5, 0.6) is 0 Å². The summed E-state index contributed by atoms with van der Waals surface area (Å²) in [6.07, 6.45) is 50.0. The third-order valence-electron chi connectivity index (χ3n) is 7.84. The molecule has 45 heavy (non-hydrogen) atoms. The molecular formula is C41H72O4. The van der Waals surface area contributed by atoms with E-state index in [4.69, 9.17) is 9.47 Å². The molecule has 0 radical (unpaired) electrons. The zero-order chi connectivity index (χ0) is 32.7. The smallest absolute Gasteiger partial charge is 0.306 e. The van der Waals surface area contributed by atoms with Gasteiger partial charge in [-0.25, -0.2) is 0 Å². The quantitative estimate of drug-likeness (QED) is 0.0437. The third-order valence-corrected chi connectivity index (χ3v) is 7.84. The predicted molar refractivity (Wildman–Crippen MR) is 196 cm³/mol. The fourth-order valence-corrected chi connectivity index (χ4v) is 5.04. The van der Waals surface area contributed by atoms with Gasteiger partial charge in [-0.15, -0.1) is 0 Å². The number of hydrogen-bond donors (Lipinski definition) is 1. The van der Waals surface area contributed by atoms with Crippen molar-refractivity contribution in [3.8, 4) is 0 Å². The molecule has 0 rings (SSSR count). The molecule has 0 fully saturated rings. The van der Waals surface area contributed by atoms with Crippen LogP contribution in [0, 0.1) is 0 Å². The highest BCUT2D eigenvalue weighted by molar-refractivity contribution is 5.69. The second-order valence-electron chi connectivity index (χ2n) is 12.3. The van der Waals surface area contributed by atoms with E-state index in [0.29, 0.717) is 19.4 Å². The number of carbonyl (C=O) groups is 1. The van der Waals surface area contributed by atoms with Gasteiger partial charge in [0, 0.05) is 13.0 Å². The van der Waals surface area contributed by atoms with Gasteiger partial charge in [0.05, 0.1) is 13.2 Å². The van der Waals surface area contributed by atoms with Crippen LogP contribution in [0.25, 0.3) is 0 Å². The Morgan fingerprint density at radius 1 is 0.556 bits per heavy atom. The monoisotopic (exact) mass is 629 g/mol. The Hall–Kier alpha value is -1.91. The van der Waals surface area contributed by atoms with Crippen LogP contribution in [0.2, 0.25) is 0 Å². The highest BCUT2D eigenvalue weighted by Gasteiger charge is 2.13. The molecular weight excluding hydrogens is 556 g/mol. The highest BCUT2D eigenvalue weighted by atomic mass is 16.6. The highest BCUT2D eigenvalue weighted by Crippen LogP contribution is 2.12. The first-order valence-electron chi connectivity index (χ1n) is 18.9. The van der Waals surface area contributed by atoms with E-state index in [1.807, 2.05) is 6.08 Å². The summed E-state index contributed by atoms with van der Waals surface area (Å²) < 4.78 is 11.1. The second kappa shape index (κ2) is 38.3. The number of esters is 1. The molecule has 1 unspecified atom stereocenters. The maximum Gasteiger partial charge on any atom is 0.306 e. The topological polar surface area (TPSA) is 55.8 Å². The van der Waals surface area contributed by atoms with E-state index in [0.717, 1.165) is 32.1 Å². The van der Waals surface area contributed by atoms with Crippen LogP contribution < -0.4 is 0 Å². The van der Waals surface area contributed by atoms with Gasteiger partial charge in [0.15, 0.2) is 0 Å². The Kier molecular flexibility index (Phi) is 36.6. The molecule has 0 aliphatic heterocycles. The van der Waals surface area contributed by atoms with Crippen LogP contribution in [0.3, 0.4) is 0 Å². The molecule has 0 aromatic rings. The Morgan fingerprint density at radius 3 is 1.51 bits per heavy atom. The first-order valence-corrected chi connectivity index (χ1v) is 18.9. The molecule has 0 amide bonds. The molecule has 0 aromatic carbocycles. The summed E-state index contributed by atoms with van der Waals surface area (Å²) in [6, 6.07) is 0. The van der Waals surface area contributed by atoms with Crippen LogP contribution in [0.1, 0.15) is 168 Å². The third kappa shape index (κ3) is 36.4. The van der Waals surface area contributed by atoms with Crippen molar-refractivity contribution >= 4 is 5.97 Å². The standard InChI is InChI=1S/C41H72O4/c1-3-5-7-9-11-13-15-17-18-19-20-21-22-23-25-27-29-31-33-35-37-44-39-40(38-42)45-41(43)36-34-32-30-28-26-24-16-14-12-10-8-6-4-2/h6,8,12,14,17-18,24,26,30,32,40,42H,3-5,7,9-11,13,15-16,19-23,25,27-29,31,33-39H2,1-2H3/b8-6-,14-12-,18-17-,26-24-,32-30-. The number of aliphatic hydroxyl groups is 1. The Morgan fingerprint density at radius 2 is 1.00 bits per heavy atom. The lowest BCUT2D eigenvalue weighted by Gasteiger charge is -2.15. The Balaban J connectivity index is 3.50. The molecule has 0 saturated carbocycles. The average molecular weight is 629 g/mol. The molecule has 0 heterocycles. The van der Waals surface area contributed by atoms with Crippen LogP contribution in [0.4, 0.5) is 0 Å². The number of ether oxygens (including phenoxy) is 2. The maximum atomic E-state index is 12.1. The molecule has 1 N–H and O–H groups in total. The van der Waals surface area contributed by atoms with Crippen LogP contribution >= 0.6 is 0 Å². The minimum atomic E-state index is -0.573. The fraction of sp³-hybridized carbons (Fsp3) is 0.732. The molecule has 4 heteroatoms. The van der Waals surface area contributed by atoms with Gasteiger partial charge in [0.25, 0.3) is 0 Å². The number of hydrogen-bond acceptors (Lipinski definition) is 4. The van der Waals surface area contributed by atoms with Gasteiger partial charge < -0.3 is 14.6 Å². The van der Waals surface area contributed by atoms with Crippen LogP contribution in [-0.4, -0.2) is 37.0 Å². The molecule has 0 bridgehead atoms. The lowest BCUT2D eigenvalue weighted by molar-refractivity contribution is -0.154. The first kappa shape index (κ1) is 43.1. The molecule has 0 aromatic heterocycles. The van der Waals surface area contributed by atoms with Gasteiger partial charge in [-0.1, -0.05) is 158 Å². The summed E-state index contributed by atoms with van der Waals surface area (Å²) in [5.41, 5.74) is 0. The summed E-state index contributed by atoms with van der Waals surface area (Å²) >= 11 is 0. The average Bonchev–Trinajstić information content (AvgIpc) is 3.05. The van der Waals surface area contributed by atoms with E-state index < -0.39 is 6.10 Å². The molecule has 0 aliphatic carbocycles. The summed E-state index contributed by atoms with van der Waals surface area (Å²) in [5.74, 6) is -0.282. The molecule has 0 spiro atoms. The van der Waals surface area contributed by atoms with Crippen molar-refractivity contribution in [2.24, 2.45) is 0 Å². The summed E-state index contributed by atoms with van der Waals surface area (Å²) in [6.45, 7) is 5.14. The van der Waals surface area contributed by atoms with Gasteiger partial charge in [-0.2, -0.15) is 0 Å². The number of allylic oxidation sites excluding steroid dienone is 10. The maximum absolute atomic E-state index is 12.1. The largest absolute Gasteiger partial charge is 0.457 e. The van der Waals surface area contributed by atoms with Crippen LogP contribution in [-0.2, 0) is 14.3 Å². The lowest BCUT2D eigenvalue weighted by Crippen LogP contribution is -2.27. The number of rotatable bonds is 34. The minimum Gasteiger partial charge on any atom is -0.457 e. The fourth-order valence-electron chi connectivity index (χ4n) is 5.04. The van der Waals surface area contributed by atoms with Crippen molar-refractivity contribution in [1.82, 2.24) is 0 Å². The molecule has 0 saturated heterocycles. The minimum absolute atomic E-state index is 0.203. The van der Waals surface area contributed by atoms with Crippen molar-refractivity contribution in [2.45, 2.75) is 174 Å². The zero-order valence-electron chi connectivity index (χ0n) is 29.6. The predicted octanol–water partition coefficient (Wildman–Crippen LogP) is 12.1. The molecule has 1 atom stereocenters. The summed E-state index contributed by atoms with van der Waals surface area (Å²) in [7, 11) is 0. The number of unbranched alkanes of at least 4 members (excludes halogenated alkanes) is 16. The van der Waals surface area contributed by atoms with Gasteiger partial charge in [-0.3, -0.25) is 4.79 Å². The van der Waals surface area contributed by atoms with Crippen LogP contribution in [0.15, 0.2) is 60.8 Å². The van der Waals surface area contributed by atoms with Crippen molar-refractivity contribution in [3.05, 3.63) is 60.8 Å². The zero-order valence-corrected chi connectivity index (χ0v) is 29.6. The molecule has 0 aliphatic rings. The summed E-state index contributed by atoms with van der Waals surface area (Å²) in [5, 5.41) is 9.54. The lowest BCUT2D eigenvalue weighted by atomic mass is 10.1. The van der Waals surface area contributed by atoms with E-state index in [1.165, 1.54) is 109 Å². The van der Waals surface area contributed by atoms with Crippen molar-refractivity contribution in [2.75, 3.05) is 19.8 Å². The molecule has 260 valence electrons. The van der Waals surface area contributed by atoms with Crippen molar-refractivity contribution in [3.63, 3.8) is 0 Å². The van der Waals surface area contributed by atoms with Gasteiger partial charge in [-0.05, 0) is 64.2 Å². The molecule has 4 nitrogen and oxygen atoms in total. The van der Waals surface area contributed by atoms with Crippen molar-refractivity contribution in [1.29, 1.82) is 0 Å². The van der Waals surface area contributed by atoms with E-state index in [1.54, 1.807) is 0 Å². The van der Waals surface area contributed by atoms with Gasteiger partial charge >= 0.3 is 5.97 Å². The van der Waals surface area contributed by atoms with E-state index in [9.17, 15) is 9.90 Å². The number of aliphatic hydroxyl groups excluding tert-OH is 1. The second-order valence-corrected chi connectivity index (χ2v) is 12.3. The SMILES string of the molecule is CC/C=C\C/C=C\C/C=C\C/C=C\CCC(=O)OC(CO)COCCCCCCCCCCCC/C=C\CCCCCCCC. The van der Waals surface area contributed by atoms with E-state index in [2.05, 4.69) is 68.5 Å². The summed E-state index contributed by atoms with van der Waals surface area (Å²) in [4.78, 5) is 12.1. The Bertz CT molecular complexity index is 749. The van der Waals surface area contributed by atoms with E-state index >= 15 is 0 Å².